The lowest BCUT2D eigenvalue weighted by atomic mass is 10.1. The Labute approximate surface area is 118 Å². The van der Waals surface area contributed by atoms with Crippen LogP contribution in [0.25, 0.3) is 0 Å². The number of aliphatic carboxylic acids is 1. The van der Waals surface area contributed by atoms with Gasteiger partial charge in [-0.05, 0) is 32.9 Å². The molecule has 1 atom stereocenters. The van der Waals surface area contributed by atoms with Crippen LogP contribution >= 0.6 is 11.8 Å². The Kier molecular flexibility index (Phi) is 4.87. The molecule has 0 aromatic carbocycles. The first-order valence-electron chi connectivity index (χ1n) is 6.72. The third kappa shape index (κ3) is 3.51. The molecule has 1 aromatic rings. The number of piperidine rings is 1. The van der Waals surface area contributed by atoms with Gasteiger partial charge in [0.1, 0.15) is 0 Å². The smallest absolute Gasteiger partial charge is 0.313 e. The fraction of sp³-hybridized carbons (Fsp3) is 0.692. The van der Waals surface area contributed by atoms with Gasteiger partial charge in [0.2, 0.25) is 0 Å². The van der Waals surface area contributed by atoms with Gasteiger partial charge in [-0.25, -0.2) is 4.98 Å². The summed E-state index contributed by atoms with van der Waals surface area (Å²) in [6, 6.07) is 0.424. The second-order valence-corrected chi connectivity index (χ2v) is 5.87. The van der Waals surface area contributed by atoms with Crippen LogP contribution in [0.1, 0.15) is 31.5 Å². The van der Waals surface area contributed by atoms with Crippen molar-refractivity contribution >= 4 is 17.7 Å². The summed E-state index contributed by atoms with van der Waals surface area (Å²) in [4.78, 5) is 17.5. The number of likely N-dealkylation sites (tertiary alicyclic amines) is 1. The molecule has 19 heavy (non-hydrogen) atoms. The van der Waals surface area contributed by atoms with Gasteiger partial charge in [-0.2, -0.15) is 0 Å². The van der Waals surface area contributed by atoms with Crippen LogP contribution in [0.15, 0.2) is 11.4 Å². The maximum absolute atomic E-state index is 10.7. The maximum atomic E-state index is 10.7. The van der Waals surface area contributed by atoms with E-state index >= 15 is 0 Å². The number of carbonyl (C=O) groups is 1. The van der Waals surface area contributed by atoms with Crippen molar-refractivity contribution in [2.24, 2.45) is 0 Å². The van der Waals surface area contributed by atoms with Gasteiger partial charge >= 0.3 is 5.97 Å². The highest BCUT2D eigenvalue weighted by molar-refractivity contribution is 7.99. The van der Waals surface area contributed by atoms with Crippen molar-refractivity contribution in [2.45, 2.75) is 37.9 Å². The Morgan fingerprint density at radius 2 is 2.42 bits per heavy atom. The average Bonchev–Trinajstić information content (AvgIpc) is 2.77. The summed E-state index contributed by atoms with van der Waals surface area (Å²) in [5.74, 6) is -0.725. The molecule has 0 bridgehead atoms. The molecule has 5 nitrogen and oxygen atoms in total. The van der Waals surface area contributed by atoms with E-state index in [0.717, 1.165) is 30.4 Å². The van der Waals surface area contributed by atoms with Crippen LogP contribution < -0.4 is 0 Å². The Morgan fingerprint density at radius 1 is 1.63 bits per heavy atom. The first-order valence-corrected chi connectivity index (χ1v) is 7.71. The van der Waals surface area contributed by atoms with Gasteiger partial charge < -0.3 is 14.6 Å². The molecule has 0 amide bonds. The van der Waals surface area contributed by atoms with E-state index in [-0.39, 0.29) is 5.75 Å². The predicted octanol–water partition coefficient (Wildman–Crippen LogP) is 2.03. The molecular weight excluding hydrogens is 262 g/mol. The summed E-state index contributed by atoms with van der Waals surface area (Å²) in [5.41, 5.74) is 1.12. The van der Waals surface area contributed by atoms with E-state index in [9.17, 15) is 4.79 Å². The summed E-state index contributed by atoms with van der Waals surface area (Å²) in [5, 5.41) is 9.63. The first-order chi connectivity index (χ1) is 9.11. The molecular formula is C13H21N3O2S. The lowest BCUT2D eigenvalue weighted by Crippen LogP contribution is -2.36. The summed E-state index contributed by atoms with van der Waals surface area (Å²) in [7, 11) is 0. The monoisotopic (exact) mass is 283 g/mol. The maximum Gasteiger partial charge on any atom is 0.313 e. The standard InChI is InChI=1S/C13H21N3O2S/c1-3-15-6-4-5-11(8-15)16-10(2)7-14-13(16)19-9-12(17)18/h7,11H,3-6,8-9H2,1-2H3,(H,17,18). The molecule has 1 aliphatic heterocycles. The zero-order valence-corrected chi connectivity index (χ0v) is 12.3. The molecule has 106 valence electrons. The van der Waals surface area contributed by atoms with Crippen LogP contribution in [0.2, 0.25) is 0 Å². The molecule has 2 rings (SSSR count). The van der Waals surface area contributed by atoms with Gasteiger partial charge in [-0.3, -0.25) is 4.79 Å². The minimum Gasteiger partial charge on any atom is -0.481 e. The van der Waals surface area contributed by atoms with Crippen molar-refractivity contribution in [3.05, 3.63) is 11.9 Å². The second-order valence-electron chi connectivity index (χ2n) is 4.92. The van der Waals surface area contributed by atoms with Crippen molar-refractivity contribution in [1.29, 1.82) is 0 Å². The number of nitrogens with zero attached hydrogens (tertiary/aromatic N) is 3. The quantitative estimate of drug-likeness (QED) is 0.838. The number of carboxylic acid groups (broad SMARTS) is 1. The SMILES string of the molecule is CCN1CCCC(n2c(C)cnc2SCC(=O)O)C1. The number of rotatable bonds is 5. The highest BCUT2D eigenvalue weighted by Crippen LogP contribution is 2.28. The third-order valence-electron chi connectivity index (χ3n) is 3.57. The Bertz CT molecular complexity index is 447. The number of thioether (sulfide) groups is 1. The molecule has 2 heterocycles. The van der Waals surface area contributed by atoms with Crippen molar-refractivity contribution in [1.82, 2.24) is 14.5 Å². The number of aryl methyl sites for hydroxylation is 1. The van der Waals surface area contributed by atoms with Crippen LogP contribution in [-0.4, -0.2) is 50.9 Å². The van der Waals surface area contributed by atoms with Gasteiger partial charge in [-0.15, -0.1) is 0 Å². The topological polar surface area (TPSA) is 58.4 Å². The first kappa shape index (κ1) is 14.4. The van der Waals surface area contributed by atoms with Crippen LogP contribution in [0.3, 0.4) is 0 Å². The van der Waals surface area contributed by atoms with E-state index in [0.29, 0.717) is 6.04 Å². The summed E-state index contributed by atoms with van der Waals surface area (Å²) >= 11 is 1.31. The lowest BCUT2D eigenvalue weighted by molar-refractivity contribution is -0.133. The minimum absolute atomic E-state index is 0.0701. The van der Waals surface area contributed by atoms with Crippen molar-refractivity contribution in [3.63, 3.8) is 0 Å². The Hall–Kier alpha value is -1.01. The van der Waals surface area contributed by atoms with Crippen LogP contribution in [0.4, 0.5) is 0 Å². The zero-order chi connectivity index (χ0) is 13.8. The van der Waals surface area contributed by atoms with Gasteiger partial charge in [-0.1, -0.05) is 18.7 Å². The molecule has 1 unspecified atom stereocenters. The van der Waals surface area contributed by atoms with E-state index < -0.39 is 5.97 Å². The predicted molar refractivity (Wildman–Crippen MR) is 75.7 cm³/mol. The number of hydrogen-bond acceptors (Lipinski definition) is 4. The highest BCUT2D eigenvalue weighted by atomic mass is 32.2. The van der Waals surface area contributed by atoms with Gasteiger partial charge in [0.05, 0.1) is 5.75 Å². The number of imidazole rings is 1. The van der Waals surface area contributed by atoms with E-state index in [1.807, 2.05) is 13.1 Å². The van der Waals surface area contributed by atoms with Crippen LogP contribution in [0, 0.1) is 6.92 Å². The molecule has 1 aromatic heterocycles. The fourth-order valence-electron chi connectivity index (χ4n) is 2.63. The Balaban J connectivity index is 2.13. The normalized spacial score (nSPS) is 20.6. The van der Waals surface area contributed by atoms with E-state index in [1.54, 1.807) is 0 Å². The molecule has 1 fully saturated rings. The average molecular weight is 283 g/mol. The zero-order valence-electron chi connectivity index (χ0n) is 11.5. The van der Waals surface area contributed by atoms with Crippen molar-refractivity contribution in [3.8, 4) is 0 Å². The van der Waals surface area contributed by atoms with Gasteiger partial charge in [0.15, 0.2) is 5.16 Å². The highest BCUT2D eigenvalue weighted by Gasteiger charge is 2.23. The fourth-order valence-corrected chi connectivity index (χ4v) is 3.44. The minimum atomic E-state index is -0.795. The lowest BCUT2D eigenvalue weighted by Gasteiger charge is -2.33. The summed E-state index contributed by atoms with van der Waals surface area (Å²) in [6.45, 7) is 7.50. The van der Waals surface area contributed by atoms with E-state index in [2.05, 4.69) is 21.4 Å². The molecule has 0 radical (unpaired) electrons. The number of likely N-dealkylation sites (N-methyl/N-ethyl adjacent to an activating group) is 1. The molecule has 6 heteroatoms. The molecule has 0 aliphatic carbocycles. The van der Waals surface area contributed by atoms with Crippen molar-refractivity contribution < 1.29 is 9.90 Å². The number of hydrogen-bond donors (Lipinski definition) is 1. The van der Waals surface area contributed by atoms with E-state index in [1.165, 1.54) is 24.7 Å². The Morgan fingerprint density at radius 3 is 3.11 bits per heavy atom. The second kappa shape index (κ2) is 6.43. The van der Waals surface area contributed by atoms with Gasteiger partial charge in [0, 0.05) is 24.5 Å². The van der Waals surface area contributed by atoms with E-state index in [4.69, 9.17) is 5.11 Å². The molecule has 1 N–H and O–H groups in total. The molecule has 0 spiro atoms. The van der Waals surface area contributed by atoms with Crippen molar-refractivity contribution in [2.75, 3.05) is 25.4 Å². The third-order valence-corrected chi connectivity index (χ3v) is 4.52. The molecule has 1 aliphatic rings. The molecule has 0 saturated carbocycles. The van der Waals surface area contributed by atoms with Gasteiger partial charge in [0.25, 0.3) is 0 Å². The summed E-state index contributed by atoms with van der Waals surface area (Å²) < 4.78 is 2.22. The summed E-state index contributed by atoms with van der Waals surface area (Å²) in [6.07, 6.45) is 4.18. The van der Waals surface area contributed by atoms with Crippen LogP contribution in [0.5, 0.6) is 0 Å². The number of carboxylic acids is 1. The molecule has 1 saturated heterocycles. The largest absolute Gasteiger partial charge is 0.481 e. The number of aromatic nitrogens is 2. The van der Waals surface area contributed by atoms with Crippen LogP contribution in [-0.2, 0) is 4.79 Å².